The van der Waals surface area contributed by atoms with Crippen molar-refractivity contribution in [2.45, 2.75) is 159 Å². The van der Waals surface area contributed by atoms with Gasteiger partial charge in [0.1, 0.15) is 40.3 Å². The number of carbonyl (C=O) groups excluding carboxylic acids is 4. The minimum Gasteiger partial charge on any atom is -0.506 e. The summed E-state index contributed by atoms with van der Waals surface area (Å²) >= 11 is 0. The number of carbonyl (C=O) groups is 4. The quantitative estimate of drug-likeness (QED) is 0.0563. The monoisotopic (exact) mass is 986 g/mol. The Morgan fingerprint density at radius 1 is 1.12 bits per heavy atom. The first-order valence-corrected chi connectivity index (χ1v) is 25.0. The third-order valence-corrected chi connectivity index (χ3v) is 15.3. The Bertz CT molecular complexity index is 2520. The van der Waals surface area contributed by atoms with Crippen molar-refractivity contribution < 1.29 is 60.1 Å². The van der Waals surface area contributed by atoms with Crippen LogP contribution in [0.2, 0.25) is 0 Å². The third kappa shape index (κ3) is 12.6. The van der Waals surface area contributed by atoms with Gasteiger partial charge in [-0.05, 0) is 111 Å². The first-order valence-electron chi connectivity index (χ1n) is 23.5. The Kier molecular flexibility index (Phi) is 15.8. The number of nitrogens with zero attached hydrogens (tertiary/aromatic N) is 3. The summed E-state index contributed by atoms with van der Waals surface area (Å²) in [7, 11) is -4.17. The van der Waals surface area contributed by atoms with Crippen molar-refractivity contribution in [2.24, 2.45) is 10.9 Å². The zero-order valence-electron chi connectivity index (χ0n) is 40.3. The van der Waals surface area contributed by atoms with Crippen molar-refractivity contribution in [1.29, 1.82) is 0 Å². The van der Waals surface area contributed by atoms with Crippen molar-refractivity contribution in [1.82, 2.24) is 25.2 Å². The summed E-state index contributed by atoms with van der Waals surface area (Å²) < 4.78 is 90.8. The molecule has 1 aliphatic carbocycles. The van der Waals surface area contributed by atoms with E-state index in [9.17, 15) is 32.7 Å². The second kappa shape index (κ2) is 20.7. The van der Waals surface area contributed by atoms with Crippen LogP contribution >= 0.6 is 0 Å². The molecule has 4 aliphatic rings. The third-order valence-electron chi connectivity index (χ3n) is 13.2. The predicted molar refractivity (Wildman–Crippen MR) is 253 cm³/mol. The maximum Gasteiger partial charge on any atom is 0.437 e. The molecule has 1 saturated carbocycles. The molecule has 69 heavy (non-hydrogen) atoms. The van der Waals surface area contributed by atoms with Crippen LogP contribution in [0.25, 0.3) is 10.9 Å². The fraction of sp³-hybridized carbons (Fsp3) is 0.592. The number of aliphatic imine (C=N–C) groups is 1. The lowest BCUT2D eigenvalue weighted by molar-refractivity contribution is -0.144. The Hall–Kier alpha value is -5.66. The summed E-state index contributed by atoms with van der Waals surface area (Å²) in [4.78, 5) is 66.6. The smallest absolute Gasteiger partial charge is 0.437 e. The van der Waals surface area contributed by atoms with Gasteiger partial charge in [0.25, 0.3) is 5.91 Å². The molecule has 1 aromatic heterocycles. The molecule has 2 fully saturated rings. The van der Waals surface area contributed by atoms with E-state index >= 15 is 13.2 Å². The molecule has 4 N–H and O–H groups in total. The van der Waals surface area contributed by atoms with Crippen molar-refractivity contribution in [3.05, 3.63) is 65.6 Å². The van der Waals surface area contributed by atoms with Crippen LogP contribution in [-0.4, -0.2) is 107 Å². The number of hydrogen-bond donors (Lipinski definition) is 4. The number of fused-ring (bicyclic) bond motifs is 4. The molecule has 0 unspecified atom stereocenters. The summed E-state index contributed by atoms with van der Waals surface area (Å²) in [5, 5.41) is 15.6. The van der Waals surface area contributed by atoms with Gasteiger partial charge in [-0.25, -0.2) is 18.2 Å². The summed E-state index contributed by atoms with van der Waals surface area (Å²) in [6, 6.07) is 1.84. The molecule has 0 radical (unpaired) electrons. The van der Waals surface area contributed by atoms with Gasteiger partial charge in [0.2, 0.25) is 21.8 Å². The van der Waals surface area contributed by atoms with Gasteiger partial charge in [0, 0.05) is 36.3 Å². The number of aliphatic hydroxyl groups excluding tert-OH is 1. The Morgan fingerprint density at radius 3 is 2.54 bits per heavy atom. The zero-order chi connectivity index (χ0) is 50.6. The molecule has 4 heterocycles. The first kappa shape index (κ1) is 52.7. The lowest BCUT2D eigenvalue weighted by Crippen LogP contribution is -2.64. The second-order valence-corrected chi connectivity index (χ2v) is 22.1. The number of rotatable bonds is 11. The van der Waals surface area contributed by atoms with E-state index < -0.39 is 90.9 Å². The summed E-state index contributed by atoms with van der Waals surface area (Å²) in [5.41, 5.74) is -5.47. The maximum absolute atomic E-state index is 15.0. The van der Waals surface area contributed by atoms with Gasteiger partial charge in [-0.2, -0.15) is 13.2 Å². The van der Waals surface area contributed by atoms with Crippen LogP contribution in [0.1, 0.15) is 124 Å². The molecule has 6 rings (SSSR count). The van der Waals surface area contributed by atoms with E-state index in [0.29, 0.717) is 62.6 Å². The number of halogens is 3. The van der Waals surface area contributed by atoms with Crippen LogP contribution in [0, 0.1) is 5.92 Å². The maximum atomic E-state index is 15.0. The normalized spacial score (nSPS) is 26.4. The largest absolute Gasteiger partial charge is 0.506 e. The average molecular weight is 987 g/mol. The number of alkyl halides is 3. The fourth-order valence-electron chi connectivity index (χ4n) is 8.66. The number of pyridine rings is 1. The van der Waals surface area contributed by atoms with Crippen LogP contribution in [-0.2, 0) is 41.7 Å². The number of hydrogen-bond acceptors (Lipinski definition) is 12. The van der Waals surface area contributed by atoms with E-state index in [-0.39, 0.29) is 55.7 Å². The summed E-state index contributed by atoms with van der Waals surface area (Å²) in [6.45, 7) is 11.5. The molecule has 378 valence electrons. The molecule has 3 aliphatic heterocycles. The van der Waals surface area contributed by atoms with Gasteiger partial charge >= 0.3 is 12.3 Å². The van der Waals surface area contributed by atoms with E-state index in [4.69, 9.17) is 14.2 Å². The molecule has 2 aromatic rings. The van der Waals surface area contributed by atoms with Gasteiger partial charge < -0.3 is 34.9 Å². The number of aliphatic hydroxyl groups is 1. The number of sulfonamides is 1. The molecule has 1 aromatic carbocycles. The Balaban J connectivity index is 1.36. The van der Waals surface area contributed by atoms with Gasteiger partial charge in [0.15, 0.2) is 11.4 Å². The van der Waals surface area contributed by atoms with E-state index in [1.807, 2.05) is 13.0 Å². The van der Waals surface area contributed by atoms with Crippen LogP contribution in [0.3, 0.4) is 0 Å². The lowest BCUT2D eigenvalue weighted by atomic mass is 9.84. The van der Waals surface area contributed by atoms with Crippen molar-refractivity contribution in [3.63, 3.8) is 0 Å². The van der Waals surface area contributed by atoms with Gasteiger partial charge in [-0.3, -0.25) is 24.1 Å². The fourth-order valence-corrected chi connectivity index (χ4v) is 10.0. The number of benzene rings is 1. The van der Waals surface area contributed by atoms with Gasteiger partial charge in [0.05, 0.1) is 29.6 Å². The van der Waals surface area contributed by atoms with Gasteiger partial charge in [-0.1, -0.05) is 44.1 Å². The zero-order valence-corrected chi connectivity index (χ0v) is 41.1. The molecule has 20 heteroatoms. The number of allylic oxidation sites excluding steroid dienone is 5. The topological polar surface area (TPSA) is 215 Å². The average Bonchev–Trinajstić information content (AvgIpc) is 3.93. The minimum absolute atomic E-state index is 0.00830. The number of alkyl carbamates (subject to hydrolysis) is 1. The summed E-state index contributed by atoms with van der Waals surface area (Å²) in [6.07, 6.45) is 7.27. The van der Waals surface area contributed by atoms with Crippen molar-refractivity contribution >= 4 is 51.0 Å². The highest BCUT2D eigenvalue weighted by Crippen LogP contribution is 2.49. The molecule has 1 saturated heterocycles. The molecule has 1 spiro atoms. The van der Waals surface area contributed by atoms with Crippen LogP contribution in [0.4, 0.5) is 18.0 Å². The van der Waals surface area contributed by atoms with Crippen molar-refractivity contribution in [2.75, 3.05) is 19.7 Å². The lowest BCUT2D eigenvalue weighted by Gasteiger charge is -2.37. The number of ether oxygens (including phenoxy) is 3. The van der Waals surface area contributed by atoms with E-state index in [1.54, 1.807) is 52.0 Å². The first-order chi connectivity index (χ1) is 32.3. The predicted octanol–water partition coefficient (Wildman–Crippen LogP) is 7.70. The SMILES string of the molecule is C\C=C/C=C(O)\C=N\CCCOc1ccc2nc(C(F)(F)F)c3c(c2c1)CC[C@]1(C[C@H]2C(=O)N[C@@](C)(C(=O)NS(=O)(=O)C4(C)CC4)[C@@H](C)/C=C\CCCCC[C@H](NC(=O)OC(C)(C)C)C(=O)N2C1)O3. The molecule has 4 amide bonds. The number of aryl methyl sites for hydroxylation is 1. The van der Waals surface area contributed by atoms with E-state index in [0.717, 1.165) is 0 Å². The minimum atomic E-state index is -4.99. The van der Waals surface area contributed by atoms with Crippen LogP contribution < -0.4 is 24.8 Å². The number of aromatic nitrogens is 1. The number of amides is 4. The highest BCUT2D eigenvalue weighted by atomic mass is 32.2. The molecule has 0 bridgehead atoms. The Labute approximate surface area is 401 Å². The van der Waals surface area contributed by atoms with E-state index in [2.05, 4.69) is 25.3 Å². The van der Waals surface area contributed by atoms with Gasteiger partial charge in [-0.15, -0.1) is 0 Å². The molecular formula is C49H65F3N6O10S. The molecule has 5 atom stereocenters. The standard InChI is InChI=1S/C49H65F3N6O10S/c1-8-9-17-32(59)29-53-25-15-26-66-33-19-20-36-35(27-33)34-21-22-48(67-39(34)40(54-36)49(50,51)52)28-38-41(60)56-47(7,43(62)57-69(64,65)46(6)23-24-46)31(2)16-13-11-10-12-14-18-37(42(61)58(38)30-48)55-44(63)68-45(3,4)5/h8-9,13,16-17,19-20,27,29,31,37-38,59H,10-12,14-15,18,21-26,28,30H2,1-7H3,(H,55,63)(H,56,60)(H,57,62)/b9-8-,16-13-,32-17+,53-29+/t31-,37-,38-,47+,48+/m0/s1. The van der Waals surface area contributed by atoms with Crippen LogP contribution in [0.15, 0.2) is 59.3 Å². The highest BCUT2D eigenvalue weighted by molar-refractivity contribution is 7.91. The van der Waals surface area contributed by atoms with Crippen molar-refractivity contribution in [3.8, 4) is 11.5 Å². The second-order valence-electron chi connectivity index (χ2n) is 19.9. The van der Waals surface area contributed by atoms with E-state index in [1.165, 1.54) is 43.2 Å². The van der Waals surface area contributed by atoms with Crippen LogP contribution in [0.5, 0.6) is 11.5 Å². The molecular weight excluding hydrogens is 922 g/mol. The highest BCUT2D eigenvalue weighted by Gasteiger charge is 2.57. The Morgan fingerprint density at radius 2 is 1.86 bits per heavy atom. The number of nitrogens with one attached hydrogen (secondary N) is 3. The summed E-state index contributed by atoms with van der Waals surface area (Å²) in [5.74, 6) is -3.59. The molecule has 16 nitrogen and oxygen atoms in total.